The van der Waals surface area contributed by atoms with Gasteiger partial charge in [-0.25, -0.2) is 0 Å². The van der Waals surface area contributed by atoms with Crippen LogP contribution in [0, 0.1) is 16.7 Å². The molecule has 88 valence electrons. The van der Waals surface area contributed by atoms with Gasteiger partial charge in [-0.3, -0.25) is 0 Å². The maximum atomic E-state index is 10.3. The fraction of sp³-hybridized carbons (Fsp3) is 0.538. The van der Waals surface area contributed by atoms with E-state index in [1.54, 1.807) is 12.1 Å². The first kappa shape index (κ1) is 12.7. The Balaban J connectivity index is 3.15. The summed E-state index contributed by atoms with van der Waals surface area (Å²) in [6, 6.07) is 4.89. The van der Waals surface area contributed by atoms with Crippen LogP contribution in [0.15, 0.2) is 23.4 Å². The number of nitrogens with zero attached hydrogens (tertiary/aromatic N) is 1. The largest absolute Gasteiger partial charge is 0.508 e. The molecule has 0 saturated carbocycles. The number of phenols is 1. The molecule has 0 amide bonds. The Morgan fingerprint density at radius 2 is 1.69 bits per heavy atom. The molecular weight excluding hydrogens is 202 g/mol. The molecule has 3 heteroatoms. The van der Waals surface area contributed by atoms with Gasteiger partial charge in [0.05, 0.1) is 0 Å². The number of nitroso groups, excluding NO2 is 1. The number of phenolic OH excluding ortho intramolecular Hbond substituents is 1. The summed E-state index contributed by atoms with van der Waals surface area (Å²) in [7, 11) is 0. The van der Waals surface area contributed by atoms with Gasteiger partial charge in [-0.1, -0.05) is 33.8 Å². The highest BCUT2D eigenvalue weighted by Crippen LogP contribution is 2.38. The van der Waals surface area contributed by atoms with Gasteiger partial charge in [0.15, 0.2) is 0 Å². The van der Waals surface area contributed by atoms with Crippen LogP contribution in [0.1, 0.15) is 39.2 Å². The Morgan fingerprint density at radius 3 is 2.06 bits per heavy atom. The Kier molecular flexibility index (Phi) is 4.05. The SMILES string of the molecule is CC(C)C(c1ccc(N=O)cc1O)C(C)C. The van der Waals surface area contributed by atoms with Crippen molar-refractivity contribution in [1.29, 1.82) is 0 Å². The third-order valence-corrected chi connectivity index (χ3v) is 2.92. The molecule has 16 heavy (non-hydrogen) atoms. The fourth-order valence-electron chi connectivity index (χ4n) is 2.36. The van der Waals surface area contributed by atoms with Crippen LogP contribution in [0.5, 0.6) is 5.75 Å². The first-order valence-electron chi connectivity index (χ1n) is 5.63. The molecule has 0 heterocycles. The van der Waals surface area contributed by atoms with E-state index in [4.69, 9.17) is 0 Å². The summed E-state index contributed by atoms with van der Waals surface area (Å²) in [5.74, 6) is 1.35. The van der Waals surface area contributed by atoms with Gasteiger partial charge < -0.3 is 5.11 Å². The van der Waals surface area contributed by atoms with Gasteiger partial charge in [-0.15, -0.1) is 4.91 Å². The molecule has 0 aliphatic carbocycles. The third-order valence-electron chi connectivity index (χ3n) is 2.92. The third kappa shape index (κ3) is 2.60. The number of rotatable bonds is 4. The molecule has 0 saturated heterocycles. The first-order valence-corrected chi connectivity index (χ1v) is 5.63. The van der Waals surface area contributed by atoms with Crippen LogP contribution in [0.3, 0.4) is 0 Å². The highest BCUT2D eigenvalue weighted by atomic mass is 16.3. The maximum absolute atomic E-state index is 10.3. The van der Waals surface area contributed by atoms with E-state index in [9.17, 15) is 10.0 Å². The van der Waals surface area contributed by atoms with E-state index in [0.29, 0.717) is 17.8 Å². The van der Waals surface area contributed by atoms with Crippen molar-refractivity contribution in [3.05, 3.63) is 28.7 Å². The zero-order valence-corrected chi connectivity index (χ0v) is 10.3. The Morgan fingerprint density at radius 1 is 1.12 bits per heavy atom. The molecule has 0 aliphatic rings. The molecule has 0 atom stereocenters. The normalized spacial score (nSPS) is 11.4. The van der Waals surface area contributed by atoms with Crippen molar-refractivity contribution in [2.75, 3.05) is 0 Å². The van der Waals surface area contributed by atoms with Gasteiger partial charge in [0, 0.05) is 6.07 Å². The predicted octanol–water partition coefficient (Wildman–Crippen LogP) is 4.19. The van der Waals surface area contributed by atoms with Crippen molar-refractivity contribution in [2.24, 2.45) is 17.0 Å². The Bertz CT molecular complexity index is 364. The van der Waals surface area contributed by atoms with Crippen molar-refractivity contribution in [3.8, 4) is 5.75 Å². The second-order valence-corrected chi connectivity index (χ2v) is 4.85. The fourth-order valence-corrected chi connectivity index (χ4v) is 2.36. The highest BCUT2D eigenvalue weighted by Gasteiger charge is 2.22. The van der Waals surface area contributed by atoms with E-state index in [1.807, 2.05) is 0 Å². The van der Waals surface area contributed by atoms with Crippen LogP contribution >= 0.6 is 0 Å². The Hall–Kier alpha value is -1.38. The van der Waals surface area contributed by atoms with Gasteiger partial charge in [0.1, 0.15) is 11.4 Å². The summed E-state index contributed by atoms with van der Waals surface area (Å²) in [6.07, 6.45) is 0. The molecule has 1 aromatic carbocycles. The number of hydrogen-bond donors (Lipinski definition) is 1. The minimum absolute atomic E-state index is 0.171. The Labute approximate surface area is 96.5 Å². The van der Waals surface area contributed by atoms with Crippen LogP contribution in [0.2, 0.25) is 0 Å². The summed E-state index contributed by atoms with van der Waals surface area (Å²) in [5.41, 5.74) is 1.17. The standard InChI is InChI=1S/C13H19NO2/c1-8(2)13(9(3)4)11-6-5-10(14-16)7-12(11)15/h5-9,13,15H,1-4H3. The molecule has 0 spiro atoms. The molecule has 0 aromatic heterocycles. The molecule has 1 aromatic rings. The molecule has 0 fully saturated rings. The average Bonchev–Trinajstić information content (AvgIpc) is 2.19. The molecule has 0 aliphatic heterocycles. The van der Waals surface area contributed by atoms with Crippen LogP contribution in [0.4, 0.5) is 5.69 Å². The predicted molar refractivity (Wildman–Crippen MR) is 66.0 cm³/mol. The van der Waals surface area contributed by atoms with Crippen molar-refractivity contribution < 1.29 is 5.11 Å². The van der Waals surface area contributed by atoms with Gasteiger partial charge in [-0.2, -0.15) is 0 Å². The zero-order valence-electron chi connectivity index (χ0n) is 10.3. The molecule has 0 unspecified atom stereocenters. The molecule has 0 radical (unpaired) electrons. The van der Waals surface area contributed by atoms with E-state index in [1.165, 1.54) is 6.07 Å². The van der Waals surface area contributed by atoms with Gasteiger partial charge in [0.25, 0.3) is 0 Å². The second kappa shape index (κ2) is 5.10. The first-order chi connectivity index (χ1) is 7.47. The van der Waals surface area contributed by atoms with Gasteiger partial charge >= 0.3 is 0 Å². The van der Waals surface area contributed by atoms with Crippen LogP contribution in [-0.4, -0.2) is 5.11 Å². The van der Waals surface area contributed by atoms with E-state index in [0.717, 1.165) is 5.56 Å². The van der Waals surface area contributed by atoms with E-state index >= 15 is 0 Å². The lowest BCUT2D eigenvalue weighted by Gasteiger charge is -2.26. The zero-order chi connectivity index (χ0) is 12.3. The van der Waals surface area contributed by atoms with Crippen LogP contribution < -0.4 is 0 Å². The summed E-state index contributed by atoms with van der Waals surface area (Å²) in [6.45, 7) is 8.54. The maximum Gasteiger partial charge on any atom is 0.121 e. The summed E-state index contributed by atoms with van der Waals surface area (Å²) in [5, 5.41) is 12.7. The molecule has 3 nitrogen and oxygen atoms in total. The van der Waals surface area contributed by atoms with Crippen molar-refractivity contribution in [2.45, 2.75) is 33.6 Å². The average molecular weight is 221 g/mol. The molecule has 1 N–H and O–H groups in total. The molecule has 0 bridgehead atoms. The van der Waals surface area contributed by atoms with Crippen molar-refractivity contribution in [3.63, 3.8) is 0 Å². The smallest absolute Gasteiger partial charge is 0.121 e. The molecule has 1 rings (SSSR count). The van der Waals surface area contributed by atoms with Crippen molar-refractivity contribution in [1.82, 2.24) is 0 Å². The summed E-state index contributed by atoms with van der Waals surface area (Å²) in [4.78, 5) is 10.3. The summed E-state index contributed by atoms with van der Waals surface area (Å²) >= 11 is 0. The van der Waals surface area contributed by atoms with Gasteiger partial charge in [0.2, 0.25) is 0 Å². The van der Waals surface area contributed by atoms with Gasteiger partial charge in [-0.05, 0) is 34.6 Å². The minimum atomic E-state index is 0.171. The van der Waals surface area contributed by atoms with Crippen molar-refractivity contribution >= 4 is 5.69 Å². The number of benzene rings is 1. The minimum Gasteiger partial charge on any atom is -0.508 e. The summed E-state index contributed by atoms with van der Waals surface area (Å²) < 4.78 is 0. The second-order valence-electron chi connectivity index (χ2n) is 4.85. The lowest BCUT2D eigenvalue weighted by Crippen LogP contribution is -2.13. The monoisotopic (exact) mass is 221 g/mol. The topological polar surface area (TPSA) is 49.7 Å². The van der Waals surface area contributed by atoms with E-state index < -0.39 is 0 Å². The number of aromatic hydroxyl groups is 1. The van der Waals surface area contributed by atoms with E-state index in [-0.39, 0.29) is 11.4 Å². The molecular formula is C13H19NO2. The lowest BCUT2D eigenvalue weighted by atomic mass is 9.79. The van der Waals surface area contributed by atoms with E-state index in [2.05, 4.69) is 32.9 Å². The quantitative estimate of drug-likeness (QED) is 0.775. The highest BCUT2D eigenvalue weighted by molar-refractivity contribution is 5.48. The van der Waals surface area contributed by atoms with Crippen LogP contribution in [0.25, 0.3) is 0 Å². The van der Waals surface area contributed by atoms with Crippen LogP contribution in [-0.2, 0) is 0 Å². The number of hydrogen-bond acceptors (Lipinski definition) is 3. The lowest BCUT2D eigenvalue weighted by molar-refractivity contribution is 0.368.